The van der Waals surface area contributed by atoms with E-state index in [9.17, 15) is 9.18 Å². The van der Waals surface area contributed by atoms with Crippen LogP contribution in [0.15, 0.2) is 78.9 Å². The maximum Gasteiger partial charge on any atom is 0.276 e. The maximum atomic E-state index is 14.3. The summed E-state index contributed by atoms with van der Waals surface area (Å²) in [6.07, 6.45) is 1.90. The molecule has 4 rings (SSSR count). The normalized spacial score (nSPS) is 15.6. The topological polar surface area (TPSA) is 41.6 Å². The van der Waals surface area contributed by atoms with Crippen LogP contribution in [0.2, 0.25) is 5.02 Å². The van der Waals surface area contributed by atoms with Gasteiger partial charge in [0.2, 0.25) is 0 Å². The van der Waals surface area contributed by atoms with E-state index in [1.807, 2.05) is 48.5 Å². The van der Waals surface area contributed by atoms with Crippen LogP contribution in [-0.4, -0.2) is 18.0 Å². The van der Waals surface area contributed by atoms with E-state index in [2.05, 4.69) is 5.43 Å². The number of methoxy groups -OCH3 is 1. The van der Waals surface area contributed by atoms with Gasteiger partial charge in [-0.15, -0.1) is 0 Å². The third kappa shape index (κ3) is 3.69. The predicted octanol–water partition coefficient (Wildman–Crippen LogP) is 5.23. The molecule has 0 radical (unpaired) electrons. The van der Waals surface area contributed by atoms with Gasteiger partial charge >= 0.3 is 0 Å². The van der Waals surface area contributed by atoms with Crippen molar-refractivity contribution in [3.63, 3.8) is 0 Å². The summed E-state index contributed by atoms with van der Waals surface area (Å²) >= 11 is 6.40. The number of nitrogens with one attached hydrogen (secondary N) is 1. The molecule has 0 unspecified atom stereocenters. The van der Waals surface area contributed by atoms with Crippen LogP contribution in [0.1, 0.15) is 27.5 Å². The Balaban J connectivity index is 1.75. The number of nitrogens with zero attached hydrogens (tertiary/aromatic N) is 1. The minimum atomic E-state index is -0.574. The van der Waals surface area contributed by atoms with Gasteiger partial charge in [0.05, 0.1) is 18.4 Å². The lowest BCUT2D eigenvalue weighted by atomic mass is 10.0. The van der Waals surface area contributed by atoms with Gasteiger partial charge in [0.15, 0.2) is 0 Å². The fraction of sp³-hybridized carbons (Fsp3) is 0.0870. The van der Waals surface area contributed by atoms with Crippen molar-refractivity contribution in [2.75, 3.05) is 7.11 Å². The number of carbonyl (C=O) groups is 1. The van der Waals surface area contributed by atoms with Crippen molar-refractivity contribution in [1.29, 1.82) is 0 Å². The van der Waals surface area contributed by atoms with Gasteiger partial charge in [-0.1, -0.05) is 41.9 Å². The Kier molecular flexibility index (Phi) is 5.23. The number of benzene rings is 3. The lowest BCUT2D eigenvalue weighted by Crippen LogP contribution is -2.40. The highest BCUT2D eigenvalue weighted by atomic mass is 35.5. The van der Waals surface area contributed by atoms with Crippen molar-refractivity contribution < 1.29 is 13.9 Å². The first-order chi connectivity index (χ1) is 14.1. The molecule has 1 aliphatic rings. The lowest BCUT2D eigenvalue weighted by Gasteiger charge is -2.26. The van der Waals surface area contributed by atoms with Crippen molar-refractivity contribution in [3.05, 3.63) is 106 Å². The molecule has 4 nitrogen and oxygen atoms in total. The zero-order chi connectivity index (χ0) is 20.4. The number of hydrogen-bond donors (Lipinski definition) is 1. The van der Waals surface area contributed by atoms with Gasteiger partial charge in [-0.3, -0.25) is 10.2 Å². The quantitative estimate of drug-likeness (QED) is 0.642. The SMILES string of the molecule is COc1ccc(C2=C[C@H](c3ccccc3Cl)N(C(=O)c3ccccc3F)N2)cc1. The Morgan fingerprint density at radius 1 is 1.03 bits per heavy atom. The van der Waals surface area contributed by atoms with Crippen molar-refractivity contribution >= 4 is 23.2 Å². The average molecular weight is 409 g/mol. The second kappa shape index (κ2) is 7.97. The molecule has 0 bridgehead atoms. The van der Waals surface area contributed by atoms with Crippen molar-refractivity contribution in [3.8, 4) is 5.75 Å². The van der Waals surface area contributed by atoms with Gasteiger partial charge in [0.25, 0.3) is 5.91 Å². The van der Waals surface area contributed by atoms with E-state index < -0.39 is 17.8 Å². The Hall–Kier alpha value is -3.31. The standard InChI is InChI=1S/C23H18ClFN2O2/c1-29-16-12-10-15(11-13-16)21-14-22(17-6-2-4-8-19(17)24)27(26-21)23(28)18-7-3-5-9-20(18)25/h2-14,22,26H,1H3/t22-/m1/s1. The molecule has 1 N–H and O–H groups in total. The molecule has 1 amide bonds. The molecule has 1 atom stereocenters. The molecule has 3 aromatic rings. The Bertz CT molecular complexity index is 1080. The smallest absolute Gasteiger partial charge is 0.276 e. The molecular weight excluding hydrogens is 391 g/mol. The maximum absolute atomic E-state index is 14.3. The third-order valence-electron chi connectivity index (χ3n) is 4.79. The Morgan fingerprint density at radius 2 is 1.72 bits per heavy atom. The number of carbonyl (C=O) groups excluding carboxylic acids is 1. The van der Waals surface area contributed by atoms with Gasteiger partial charge < -0.3 is 4.74 Å². The summed E-state index contributed by atoms with van der Waals surface area (Å²) in [4.78, 5) is 13.2. The highest BCUT2D eigenvalue weighted by Crippen LogP contribution is 2.36. The van der Waals surface area contributed by atoms with Gasteiger partial charge in [-0.25, -0.2) is 9.40 Å². The van der Waals surface area contributed by atoms with Crippen LogP contribution in [0.3, 0.4) is 0 Å². The minimum Gasteiger partial charge on any atom is -0.497 e. The van der Waals surface area contributed by atoms with E-state index in [4.69, 9.17) is 16.3 Å². The van der Waals surface area contributed by atoms with Crippen molar-refractivity contribution in [1.82, 2.24) is 10.4 Å². The fourth-order valence-corrected chi connectivity index (χ4v) is 3.53. The highest BCUT2D eigenvalue weighted by Gasteiger charge is 2.33. The number of hydrogen-bond acceptors (Lipinski definition) is 3. The van der Waals surface area contributed by atoms with Crippen molar-refractivity contribution in [2.45, 2.75) is 6.04 Å². The van der Waals surface area contributed by atoms with Crippen LogP contribution in [0.5, 0.6) is 5.75 Å². The number of amides is 1. The second-order valence-electron chi connectivity index (χ2n) is 6.54. The fourth-order valence-electron chi connectivity index (χ4n) is 3.29. The molecule has 146 valence electrons. The summed E-state index contributed by atoms with van der Waals surface area (Å²) in [6, 6.07) is 20.2. The number of halogens is 2. The number of ether oxygens (including phenoxy) is 1. The average Bonchev–Trinajstić information content (AvgIpc) is 3.19. The van der Waals surface area contributed by atoms with Crippen LogP contribution in [-0.2, 0) is 0 Å². The Morgan fingerprint density at radius 3 is 2.41 bits per heavy atom. The van der Waals surface area contributed by atoms with Gasteiger partial charge in [0, 0.05) is 5.02 Å². The van der Waals surface area contributed by atoms with Crippen LogP contribution in [0, 0.1) is 5.82 Å². The minimum absolute atomic E-state index is 0.0126. The zero-order valence-electron chi connectivity index (χ0n) is 15.6. The monoisotopic (exact) mass is 408 g/mol. The van der Waals surface area contributed by atoms with Crippen LogP contribution in [0.4, 0.5) is 4.39 Å². The predicted molar refractivity (Wildman–Crippen MR) is 111 cm³/mol. The molecule has 6 heteroatoms. The summed E-state index contributed by atoms with van der Waals surface area (Å²) in [5, 5.41) is 1.93. The molecular formula is C23H18ClFN2O2. The van der Waals surface area contributed by atoms with E-state index in [1.54, 1.807) is 25.3 Å². The molecule has 3 aromatic carbocycles. The summed E-state index contributed by atoms with van der Waals surface area (Å²) in [5.74, 6) is -0.322. The van der Waals surface area contributed by atoms with Gasteiger partial charge in [0.1, 0.15) is 17.6 Å². The molecule has 1 heterocycles. The van der Waals surface area contributed by atoms with Crippen molar-refractivity contribution in [2.24, 2.45) is 0 Å². The third-order valence-corrected chi connectivity index (χ3v) is 5.14. The van der Waals surface area contributed by atoms with E-state index in [-0.39, 0.29) is 5.56 Å². The molecule has 1 aliphatic heterocycles. The Labute approximate surface area is 173 Å². The summed E-state index contributed by atoms with van der Waals surface area (Å²) < 4.78 is 19.5. The summed E-state index contributed by atoms with van der Waals surface area (Å²) in [5.41, 5.74) is 5.45. The first kappa shape index (κ1) is 19.0. The summed E-state index contributed by atoms with van der Waals surface area (Å²) in [6.45, 7) is 0. The first-order valence-corrected chi connectivity index (χ1v) is 9.41. The zero-order valence-corrected chi connectivity index (χ0v) is 16.4. The largest absolute Gasteiger partial charge is 0.497 e. The molecule has 0 fully saturated rings. The molecule has 0 aliphatic carbocycles. The first-order valence-electron chi connectivity index (χ1n) is 9.04. The van der Waals surface area contributed by atoms with E-state index in [0.29, 0.717) is 5.02 Å². The van der Waals surface area contributed by atoms with Crippen LogP contribution >= 0.6 is 11.6 Å². The molecule has 0 spiro atoms. The highest BCUT2D eigenvalue weighted by molar-refractivity contribution is 6.31. The molecule has 0 aromatic heterocycles. The van der Waals surface area contributed by atoms with Gasteiger partial charge in [-0.05, 0) is 59.7 Å². The van der Waals surface area contributed by atoms with Gasteiger partial charge in [-0.2, -0.15) is 0 Å². The number of hydrazine groups is 1. The number of rotatable bonds is 4. The lowest BCUT2D eigenvalue weighted by molar-refractivity contribution is 0.0668. The molecule has 29 heavy (non-hydrogen) atoms. The van der Waals surface area contributed by atoms with E-state index in [0.717, 1.165) is 22.6 Å². The van der Waals surface area contributed by atoms with Crippen LogP contribution in [0.25, 0.3) is 5.70 Å². The van der Waals surface area contributed by atoms with Crippen LogP contribution < -0.4 is 10.2 Å². The van der Waals surface area contributed by atoms with E-state index >= 15 is 0 Å². The summed E-state index contributed by atoms with van der Waals surface area (Å²) in [7, 11) is 1.60. The molecule has 0 saturated heterocycles. The second-order valence-corrected chi connectivity index (χ2v) is 6.95. The van der Waals surface area contributed by atoms with E-state index in [1.165, 1.54) is 17.1 Å². The molecule has 0 saturated carbocycles.